The van der Waals surface area contributed by atoms with E-state index in [0.717, 1.165) is 16.9 Å². The molecule has 0 aliphatic rings. The largest absolute Gasteiger partial charge is 0.491 e. The van der Waals surface area contributed by atoms with E-state index in [2.05, 4.69) is 15.6 Å². The molecule has 2 aromatic rings. The Morgan fingerprint density at radius 2 is 2.00 bits per heavy atom. The number of hydrogen-bond donors (Lipinski definition) is 2. The number of thiophene rings is 1. The zero-order chi connectivity index (χ0) is 21.4. The summed E-state index contributed by atoms with van der Waals surface area (Å²) in [6.07, 6.45) is 0.0915. The SMILES string of the molecule is CN=C(NCCN(C)S(=O)(=O)c1cccs1)NCc1ccc(C)cc1OC(C)C.I. The first-order valence-electron chi connectivity index (χ1n) is 9.44. The standard InChI is InChI=1S/C20H30N4O3S2.HI/c1-15(2)27-18-13-16(3)8-9-17(18)14-23-20(21-4)22-10-11-24(5)29(25,26)19-7-6-12-28-19;/h6-9,12-13,15H,10-11,14H2,1-5H3,(H2,21,22,23);1H. The van der Waals surface area contributed by atoms with Crippen molar-refractivity contribution in [3.05, 3.63) is 46.8 Å². The zero-order valence-electron chi connectivity index (χ0n) is 18.0. The van der Waals surface area contributed by atoms with E-state index in [-0.39, 0.29) is 30.1 Å². The lowest BCUT2D eigenvalue weighted by Gasteiger charge is -2.19. The topological polar surface area (TPSA) is 83.0 Å². The van der Waals surface area contributed by atoms with Crippen LogP contribution in [0.25, 0.3) is 0 Å². The van der Waals surface area contributed by atoms with Gasteiger partial charge in [0.15, 0.2) is 5.96 Å². The summed E-state index contributed by atoms with van der Waals surface area (Å²) in [6, 6.07) is 9.46. The van der Waals surface area contributed by atoms with Gasteiger partial charge in [-0.3, -0.25) is 4.99 Å². The average Bonchev–Trinajstić information content (AvgIpc) is 3.20. The number of nitrogens with one attached hydrogen (secondary N) is 2. The summed E-state index contributed by atoms with van der Waals surface area (Å²) in [5.41, 5.74) is 2.17. The van der Waals surface area contributed by atoms with Crippen molar-refractivity contribution in [3.8, 4) is 5.75 Å². The molecular formula is C20H31IN4O3S2. The van der Waals surface area contributed by atoms with Gasteiger partial charge in [0.05, 0.1) is 6.10 Å². The maximum Gasteiger partial charge on any atom is 0.252 e. The molecule has 0 atom stereocenters. The van der Waals surface area contributed by atoms with E-state index < -0.39 is 10.0 Å². The molecule has 2 rings (SSSR count). The summed E-state index contributed by atoms with van der Waals surface area (Å²) in [5, 5.41) is 8.16. The van der Waals surface area contributed by atoms with E-state index in [1.165, 1.54) is 15.6 Å². The molecule has 1 heterocycles. The van der Waals surface area contributed by atoms with Crippen molar-refractivity contribution >= 4 is 51.3 Å². The molecule has 0 radical (unpaired) electrons. The van der Waals surface area contributed by atoms with Gasteiger partial charge in [0.25, 0.3) is 10.0 Å². The predicted molar refractivity (Wildman–Crippen MR) is 135 cm³/mol. The lowest BCUT2D eigenvalue weighted by atomic mass is 10.1. The lowest BCUT2D eigenvalue weighted by molar-refractivity contribution is 0.239. The Morgan fingerprint density at radius 3 is 2.60 bits per heavy atom. The molecule has 1 aromatic carbocycles. The molecule has 0 saturated carbocycles. The van der Waals surface area contributed by atoms with E-state index in [1.807, 2.05) is 39.0 Å². The molecule has 2 N–H and O–H groups in total. The summed E-state index contributed by atoms with van der Waals surface area (Å²) in [5.74, 6) is 1.45. The number of hydrogen-bond acceptors (Lipinski definition) is 5. The molecule has 0 bridgehead atoms. The molecule has 0 aliphatic carbocycles. The van der Waals surface area contributed by atoms with Gasteiger partial charge in [-0.2, -0.15) is 4.31 Å². The predicted octanol–water partition coefficient (Wildman–Crippen LogP) is 3.45. The Kier molecular flexibility index (Phi) is 11.1. The molecule has 1 aromatic heterocycles. The van der Waals surface area contributed by atoms with Gasteiger partial charge in [0, 0.05) is 39.3 Å². The van der Waals surface area contributed by atoms with E-state index in [9.17, 15) is 8.42 Å². The Labute approximate surface area is 201 Å². The van der Waals surface area contributed by atoms with Crippen LogP contribution in [0.4, 0.5) is 0 Å². The smallest absolute Gasteiger partial charge is 0.252 e. The fraction of sp³-hybridized carbons (Fsp3) is 0.450. The fourth-order valence-electron chi connectivity index (χ4n) is 2.59. The highest BCUT2D eigenvalue weighted by Gasteiger charge is 2.21. The van der Waals surface area contributed by atoms with Gasteiger partial charge in [-0.25, -0.2) is 8.42 Å². The van der Waals surface area contributed by atoms with Crippen LogP contribution in [0.3, 0.4) is 0 Å². The second kappa shape index (κ2) is 12.5. The number of sulfonamides is 1. The van der Waals surface area contributed by atoms with Crippen LogP contribution in [0.2, 0.25) is 0 Å². The maximum absolute atomic E-state index is 12.5. The van der Waals surface area contributed by atoms with Gasteiger partial charge in [-0.1, -0.05) is 18.2 Å². The van der Waals surface area contributed by atoms with Gasteiger partial charge in [0.2, 0.25) is 0 Å². The van der Waals surface area contributed by atoms with Gasteiger partial charge in [-0.05, 0) is 43.8 Å². The first-order chi connectivity index (χ1) is 13.7. The highest BCUT2D eigenvalue weighted by Crippen LogP contribution is 2.22. The third-order valence-electron chi connectivity index (χ3n) is 4.13. The molecule has 0 saturated heterocycles. The van der Waals surface area contributed by atoms with Crippen molar-refractivity contribution < 1.29 is 13.2 Å². The second-order valence-corrected chi connectivity index (χ2v) is 10.1. The number of halogens is 1. The van der Waals surface area contributed by atoms with Crippen molar-refractivity contribution in [2.45, 2.75) is 37.6 Å². The molecule has 0 unspecified atom stereocenters. The number of guanidine groups is 1. The van der Waals surface area contributed by atoms with Crippen molar-refractivity contribution in [1.82, 2.24) is 14.9 Å². The molecule has 0 spiro atoms. The molecule has 0 aliphatic heterocycles. The summed E-state index contributed by atoms with van der Waals surface area (Å²) >= 11 is 1.22. The van der Waals surface area contributed by atoms with Crippen LogP contribution in [-0.4, -0.2) is 52.0 Å². The van der Waals surface area contributed by atoms with Crippen LogP contribution in [0, 0.1) is 6.92 Å². The highest BCUT2D eigenvalue weighted by atomic mass is 127. The molecule has 7 nitrogen and oxygen atoms in total. The maximum atomic E-state index is 12.5. The van der Waals surface area contributed by atoms with Crippen molar-refractivity contribution in [3.63, 3.8) is 0 Å². The van der Waals surface area contributed by atoms with Crippen LogP contribution in [-0.2, 0) is 16.6 Å². The molecular weight excluding hydrogens is 535 g/mol. The van der Waals surface area contributed by atoms with Gasteiger partial charge < -0.3 is 15.4 Å². The minimum absolute atomic E-state index is 0. The minimum atomic E-state index is -3.44. The highest BCUT2D eigenvalue weighted by molar-refractivity contribution is 14.0. The van der Waals surface area contributed by atoms with Crippen molar-refractivity contribution in [1.29, 1.82) is 0 Å². The number of nitrogens with zero attached hydrogens (tertiary/aromatic N) is 2. The Hall–Kier alpha value is -1.37. The number of aliphatic imine (C=N–C) groups is 1. The fourth-order valence-corrected chi connectivity index (χ4v) is 4.96. The van der Waals surface area contributed by atoms with E-state index >= 15 is 0 Å². The van der Waals surface area contributed by atoms with E-state index in [0.29, 0.717) is 29.8 Å². The molecule has 10 heteroatoms. The number of benzene rings is 1. The monoisotopic (exact) mass is 566 g/mol. The molecule has 168 valence electrons. The molecule has 30 heavy (non-hydrogen) atoms. The van der Waals surface area contributed by atoms with E-state index in [1.54, 1.807) is 31.6 Å². The van der Waals surface area contributed by atoms with Crippen LogP contribution < -0.4 is 15.4 Å². The van der Waals surface area contributed by atoms with Crippen LogP contribution >= 0.6 is 35.3 Å². The first kappa shape index (κ1) is 26.7. The third kappa shape index (κ3) is 7.71. The minimum Gasteiger partial charge on any atom is -0.491 e. The van der Waals surface area contributed by atoms with Crippen LogP contribution in [0.15, 0.2) is 44.9 Å². The molecule has 0 amide bonds. The first-order valence-corrected chi connectivity index (χ1v) is 11.8. The zero-order valence-corrected chi connectivity index (χ0v) is 22.0. The normalized spacial score (nSPS) is 12.0. The van der Waals surface area contributed by atoms with Gasteiger partial charge in [0.1, 0.15) is 9.96 Å². The second-order valence-electron chi connectivity index (χ2n) is 6.89. The van der Waals surface area contributed by atoms with Gasteiger partial charge >= 0.3 is 0 Å². The quantitative estimate of drug-likeness (QED) is 0.276. The summed E-state index contributed by atoms with van der Waals surface area (Å²) < 4.78 is 32.5. The van der Waals surface area contributed by atoms with E-state index in [4.69, 9.17) is 4.74 Å². The number of rotatable bonds is 9. The third-order valence-corrected chi connectivity index (χ3v) is 7.36. The number of likely N-dealkylation sites (N-methyl/N-ethyl adjacent to an activating group) is 1. The van der Waals surface area contributed by atoms with Crippen molar-refractivity contribution in [2.24, 2.45) is 4.99 Å². The Balaban J connectivity index is 0.00000450. The molecule has 0 fully saturated rings. The summed E-state index contributed by atoms with van der Waals surface area (Å²) in [4.78, 5) is 4.21. The average molecular weight is 567 g/mol. The Morgan fingerprint density at radius 1 is 1.27 bits per heavy atom. The summed E-state index contributed by atoms with van der Waals surface area (Å²) in [6.45, 7) is 7.34. The van der Waals surface area contributed by atoms with Crippen molar-refractivity contribution in [2.75, 3.05) is 27.2 Å². The van der Waals surface area contributed by atoms with Crippen LogP contribution in [0.5, 0.6) is 5.75 Å². The number of ether oxygens (including phenoxy) is 1. The Bertz CT molecular complexity index is 916. The number of aryl methyl sites for hydroxylation is 1. The van der Waals surface area contributed by atoms with Crippen LogP contribution in [0.1, 0.15) is 25.0 Å². The lowest BCUT2D eigenvalue weighted by Crippen LogP contribution is -2.41. The van der Waals surface area contributed by atoms with Gasteiger partial charge in [-0.15, -0.1) is 35.3 Å². The summed E-state index contributed by atoms with van der Waals surface area (Å²) in [7, 11) is -0.181.